The molecule has 0 unspecified atom stereocenters. The zero-order valence-corrected chi connectivity index (χ0v) is 11.4. The fourth-order valence-corrected chi connectivity index (χ4v) is 1.45. The third-order valence-corrected chi connectivity index (χ3v) is 3.05. The Bertz CT molecular complexity index is 320. The SMILES string of the molecule is COCCOCCOc1ccc(Br)c(Cl)c1. The van der Waals surface area contributed by atoms with Gasteiger partial charge in [0.1, 0.15) is 12.4 Å². The second-order valence-corrected chi connectivity index (χ2v) is 4.29. The number of hydrogen-bond donors (Lipinski definition) is 0. The van der Waals surface area contributed by atoms with Crippen molar-refractivity contribution in [3.05, 3.63) is 27.7 Å². The highest BCUT2D eigenvalue weighted by Gasteiger charge is 1.99. The van der Waals surface area contributed by atoms with Gasteiger partial charge in [-0.3, -0.25) is 0 Å². The molecule has 0 N–H and O–H groups in total. The number of halogens is 2. The zero-order valence-electron chi connectivity index (χ0n) is 9.04. The molecule has 0 aliphatic carbocycles. The predicted molar refractivity (Wildman–Crippen MR) is 67.3 cm³/mol. The highest BCUT2D eigenvalue weighted by molar-refractivity contribution is 9.10. The van der Waals surface area contributed by atoms with Gasteiger partial charge in [-0.05, 0) is 34.1 Å². The Kier molecular flexibility index (Phi) is 6.80. The predicted octanol–water partition coefficient (Wildman–Crippen LogP) is 3.14. The van der Waals surface area contributed by atoms with Crippen LogP contribution < -0.4 is 4.74 Å². The first-order valence-electron chi connectivity index (χ1n) is 4.88. The van der Waals surface area contributed by atoms with Crippen molar-refractivity contribution in [1.29, 1.82) is 0 Å². The van der Waals surface area contributed by atoms with Crippen LogP contribution in [0, 0.1) is 0 Å². The van der Waals surface area contributed by atoms with Crippen molar-refractivity contribution in [2.24, 2.45) is 0 Å². The topological polar surface area (TPSA) is 27.7 Å². The van der Waals surface area contributed by atoms with E-state index >= 15 is 0 Å². The van der Waals surface area contributed by atoms with Crippen molar-refractivity contribution >= 4 is 27.5 Å². The van der Waals surface area contributed by atoms with Gasteiger partial charge in [0, 0.05) is 11.6 Å². The lowest BCUT2D eigenvalue weighted by molar-refractivity contribution is 0.0544. The largest absolute Gasteiger partial charge is 0.491 e. The van der Waals surface area contributed by atoms with Crippen LogP contribution in [0.2, 0.25) is 5.02 Å². The monoisotopic (exact) mass is 308 g/mol. The lowest BCUT2D eigenvalue weighted by Gasteiger charge is -2.07. The maximum absolute atomic E-state index is 5.92. The van der Waals surface area contributed by atoms with Crippen molar-refractivity contribution < 1.29 is 14.2 Å². The molecule has 0 spiro atoms. The van der Waals surface area contributed by atoms with E-state index in [1.54, 1.807) is 13.2 Å². The van der Waals surface area contributed by atoms with Gasteiger partial charge >= 0.3 is 0 Å². The molecule has 90 valence electrons. The molecular formula is C11H14BrClO3. The van der Waals surface area contributed by atoms with Gasteiger partial charge in [-0.1, -0.05) is 11.6 Å². The summed E-state index contributed by atoms with van der Waals surface area (Å²) >= 11 is 9.23. The number of benzene rings is 1. The first-order chi connectivity index (χ1) is 7.74. The number of rotatable bonds is 7. The molecule has 0 fully saturated rings. The van der Waals surface area contributed by atoms with Gasteiger partial charge in [-0.15, -0.1) is 0 Å². The van der Waals surface area contributed by atoms with Crippen LogP contribution in [0.25, 0.3) is 0 Å². The van der Waals surface area contributed by atoms with E-state index in [9.17, 15) is 0 Å². The molecule has 0 heterocycles. The normalized spacial score (nSPS) is 10.4. The van der Waals surface area contributed by atoms with Crippen LogP contribution in [-0.4, -0.2) is 33.5 Å². The van der Waals surface area contributed by atoms with E-state index in [-0.39, 0.29) is 0 Å². The Balaban J connectivity index is 2.19. The molecular weight excluding hydrogens is 295 g/mol. The van der Waals surface area contributed by atoms with Gasteiger partial charge in [-0.2, -0.15) is 0 Å². The summed E-state index contributed by atoms with van der Waals surface area (Å²) < 4.78 is 16.4. The molecule has 0 radical (unpaired) electrons. The maximum atomic E-state index is 5.92. The lowest BCUT2D eigenvalue weighted by Crippen LogP contribution is -2.09. The lowest BCUT2D eigenvalue weighted by atomic mass is 10.3. The van der Waals surface area contributed by atoms with Crippen molar-refractivity contribution in [2.75, 3.05) is 33.5 Å². The third-order valence-electron chi connectivity index (χ3n) is 1.82. The minimum Gasteiger partial charge on any atom is -0.491 e. The molecule has 0 saturated carbocycles. The second-order valence-electron chi connectivity index (χ2n) is 3.03. The van der Waals surface area contributed by atoms with Crippen LogP contribution in [-0.2, 0) is 9.47 Å². The van der Waals surface area contributed by atoms with Gasteiger partial charge in [0.25, 0.3) is 0 Å². The van der Waals surface area contributed by atoms with Crippen LogP contribution in [0.3, 0.4) is 0 Å². The minimum absolute atomic E-state index is 0.502. The summed E-state index contributed by atoms with van der Waals surface area (Å²) in [5.74, 6) is 0.739. The van der Waals surface area contributed by atoms with E-state index in [0.717, 1.165) is 10.2 Å². The van der Waals surface area contributed by atoms with E-state index in [2.05, 4.69) is 15.9 Å². The molecule has 0 aliphatic heterocycles. The number of hydrogen-bond acceptors (Lipinski definition) is 3. The van der Waals surface area contributed by atoms with Gasteiger partial charge in [-0.25, -0.2) is 0 Å². The van der Waals surface area contributed by atoms with Crippen molar-refractivity contribution in [1.82, 2.24) is 0 Å². The van der Waals surface area contributed by atoms with Crippen LogP contribution in [0.15, 0.2) is 22.7 Å². The summed E-state index contributed by atoms with van der Waals surface area (Å²) in [7, 11) is 1.64. The summed E-state index contributed by atoms with van der Waals surface area (Å²) in [4.78, 5) is 0. The van der Waals surface area contributed by atoms with Gasteiger partial charge in [0.2, 0.25) is 0 Å². The molecule has 16 heavy (non-hydrogen) atoms. The Morgan fingerprint density at radius 2 is 1.94 bits per heavy atom. The first kappa shape index (κ1) is 13.8. The number of ether oxygens (including phenoxy) is 3. The zero-order chi connectivity index (χ0) is 11.8. The van der Waals surface area contributed by atoms with Gasteiger partial charge < -0.3 is 14.2 Å². The van der Waals surface area contributed by atoms with Crippen LogP contribution in [0.4, 0.5) is 0 Å². The molecule has 0 bridgehead atoms. The van der Waals surface area contributed by atoms with Crippen LogP contribution in [0.1, 0.15) is 0 Å². The molecule has 0 amide bonds. The summed E-state index contributed by atoms with van der Waals surface area (Å²) in [6.07, 6.45) is 0. The fraction of sp³-hybridized carbons (Fsp3) is 0.455. The van der Waals surface area contributed by atoms with E-state index in [0.29, 0.717) is 31.5 Å². The summed E-state index contributed by atoms with van der Waals surface area (Å²) in [5, 5.41) is 0.637. The summed E-state index contributed by atoms with van der Waals surface area (Å²) in [6, 6.07) is 5.47. The fourth-order valence-electron chi connectivity index (χ4n) is 1.03. The number of methoxy groups -OCH3 is 1. The first-order valence-corrected chi connectivity index (χ1v) is 6.05. The third kappa shape index (κ3) is 5.16. The maximum Gasteiger partial charge on any atom is 0.120 e. The average Bonchev–Trinajstić information content (AvgIpc) is 2.28. The van der Waals surface area contributed by atoms with E-state index in [1.165, 1.54) is 0 Å². The highest BCUT2D eigenvalue weighted by atomic mass is 79.9. The summed E-state index contributed by atoms with van der Waals surface area (Å²) in [5.41, 5.74) is 0. The van der Waals surface area contributed by atoms with E-state index in [1.807, 2.05) is 12.1 Å². The van der Waals surface area contributed by atoms with Crippen molar-refractivity contribution in [2.45, 2.75) is 0 Å². The van der Waals surface area contributed by atoms with E-state index < -0.39 is 0 Å². The standard InChI is InChI=1S/C11H14BrClO3/c1-14-4-5-15-6-7-16-9-2-3-10(12)11(13)8-9/h2-3,8H,4-7H2,1H3. The molecule has 0 saturated heterocycles. The second kappa shape index (κ2) is 7.90. The summed E-state index contributed by atoms with van der Waals surface area (Å²) in [6.45, 7) is 2.23. The van der Waals surface area contributed by atoms with Gasteiger partial charge in [0.15, 0.2) is 0 Å². The molecule has 0 aliphatic rings. The Morgan fingerprint density at radius 1 is 1.19 bits per heavy atom. The Labute approximate surface area is 109 Å². The molecule has 0 atom stereocenters. The Morgan fingerprint density at radius 3 is 2.62 bits per heavy atom. The van der Waals surface area contributed by atoms with Crippen molar-refractivity contribution in [3.8, 4) is 5.75 Å². The quantitative estimate of drug-likeness (QED) is 0.724. The molecule has 1 aromatic rings. The molecule has 5 heteroatoms. The average molecular weight is 310 g/mol. The minimum atomic E-state index is 0.502. The molecule has 0 aromatic heterocycles. The smallest absolute Gasteiger partial charge is 0.120 e. The van der Waals surface area contributed by atoms with Crippen LogP contribution in [0.5, 0.6) is 5.75 Å². The van der Waals surface area contributed by atoms with Crippen LogP contribution >= 0.6 is 27.5 Å². The van der Waals surface area contributed by atoms with Crippen molar-refractivity contribution in [3.63, 3.8) is 0 Å². The molecule has 1 aromatic carbocycles. The Hall–Kier alpha value is -0.290. The highest BCUT2D eigenvalue weighted by Crippen LogP contribution is 2.26. The van der Waals surface area contributed by atoms with E-state index in [4.69, 9.17) is 25.8 Å². The molecule has 3 nitrogen and oxygen atoms in total. The van der Waals surface area contributed by atoms with Gasteiger partial charge in [0.05, 0.1) is 24.8 Å². The molecule has 1 rings (SSSR count).